The maximum absolute atomic E-state index is 5.47. The highest BCUT2D eigenvalue weighted by atomic mass is 15.1. The minimum Gasteiger partial charge on any atom is -0.329 e. The molecule has 66 valence electrons. The van der Waals surface area contributed by atoms with Crippen LogP contribution in [0, 0.1) is 0 Å². The second kappa shape index (κ2) is 6.38. The van der Waals surface area contributed by atoms with Crippen molar-refractivity contribution in [2.24, 2.45) is 5.73 Å². The molecule has 0 atom stereocenters. The molecule has 11 heavy (non-hydrogen) atoms. The van der Waals surface area contributed by atoms with Crippen LogP contribution in [0.3, 0.4) is 0 Å². The van der Waals surface area contributed by atoms with E-state index in [4.69, 9.17) is 5.73 Å². The molecule has 0 aliphatic heterocycles. The lowest BCUT2D eigenvalue weighted by atomic mass is 10.3. The first-order valence-electron chi connectivity index (χ1n) is 4.27. The van der Waals surface area contributed by atoms with Gasteiger partial charge in [0.05, 0.1) is 0 Å². The Morgan fingerprint density at radius 2 is 2.09 bits per heavy atom. The fourth-order valence-corrected chi connectivity index (χ4v) is 0.967. The molecule has 0 saturated carbocycles. The van der Waals surface area contributed by atoms with E-state index < -0.39 is 0 Å². The van der Waals surface area contributed by atoms with Crippen molar-refractivity contribution in [3.05, 3.63) is 12.2 Å². The van der Waals surface area contributed by atoms with Crippen molar-refractivity contribution in [3.8, 4) is 0 Å². The number of nitrogens with two attached hydrogens (primary N) is 1. The van der Waals surface area contributed by atoms with E-state index >= 15 is 0 Å². The monoisotopic (exact) mass is 156 g/mol. The van der Waals surface area contributed by atoms with Gasteiger partial charge < -0.3 is 5.73 Å². The van der Waals surface area contributed by atoms with E-state index in [2.05, 4.69) is 30.9 Å². The van der Waals surface area contributed by atoms with E-state index in [0.29, 0.717) is 6.04 Å². The van der Waals surface area contributed by atoms with E-state index in [1.165, 1.54) is 0 Å². The predicted octanol–water partition coefficient (Wildman–Crippen LogP) is 1.23. The maximum atomic E-state index is 5.47. The molecule has 0 aromatic carbocycles. The van der Waals surface area contributed by atoms with Gasteiger partial charge in [-0.05, 0) is 20.8 Å². The van der Waals surface area contributed by atoms with Gasteiger partial charge in [-0.2, -0.15) is 0 Å². The highest BCUT2D eigenvalue weighted by Gasteiger charge is 2.04. The largest absolute Gasteiger partial charge is 0.329 e. The zero-order valence-corrected chi connectivity index (χ0v) is 7.88. The molecule has 2 heteroatoms. The molecule has 0 radical (unpaired) electrons. The maximum Gasteiger partial charge on any atom is 0.0166 e. The lowest BCUT2D eigenvalue weighted by molar-refractivity contribution is 0.253. The summed E-state index contributed by atoms with van der Waals surface area (Å²) >= 11 is 0. The Balaban J connectivity index is 3.69. The summed E-state index contributed by atoms with van der Waals surface area (Å²) in [7, 11) is 0. The van der Waals surface area contributed by atoms with Crippen LogP contribution in [-0.2, 0) is 0 Å². The SMILES string of the molecule is C/C=C/CN(CCN)C(C)C. The average Bonchev–Trinajstić information content (AvgIpc) is 1.97. The molecule has 0 aromatic rings. The Hall–Kier alpha value is -0.340. The minimum absolute atomic E-state index is 0.592. The van der Waals surface area contributed by atoms with Gasteiger partial charge in [-0.25, -0.2) is 0 Å². The number of hydrogen-bond acceptors (Lipinski definition) is 2. The number of nitrogens with zero attached hydrogens (tertiary/aromatic N) is 1. The van der Waals surface area contributed by atoms with Gasteiger partial charge in [0.1, 0.15) is 0 Å². The van der Waals surface area contributed by atoms with Gasteiger partial charge in [-0.3, -0.25) is 4.90 Å². The van der Waals surface area contributed by atoms with Crippen molar-refractivity contribution in [2.75, 3.05) is 19.6 Å². The topological polar surface area (TPSA) is 29.3 Å². The second-order valence-corrected chi connectivity index (χ2v) is 2.95. The Morgan fingerprint density at radius 3 is 2.45 bits per heavy atom. The summed E-state index contributed by atoms with van der Waals surface area (Å²) in [5.74, 6) is 0. The van der Waals surface area contributed by atoms with Crippen molar-refractivity contribution in [1.29, 1.82) is 0 Å². The summed E-state index contributed by atoms with van der Waals surface area (Å²) in [4.78, 5) is 2.35. The van der Waals surface area contributed by atoms with E-state index in [-0.39, 0.29) is 0 Å². The van der Waals surface area contributed by atoms with Gasteiger partial charge in [0, 0.05) is 25.7 Å². The lowest BCUT2D eigenvalue weighted by Crippen LogP contribution is -2.35. The van der Waals surface area contributed by atoms with Crippen LogP contribution >= 0.6 is 0 Å². The Labute approximate surface area is 70.1 Å². The highest BCUT2D eigenvalue weighted by Crippen LogP contribution is 1.96. The van der Waals surface area contributed by atoms with E-state index in [1.807, 2.05) is 6.92 Å². The third kappa shape index (κ3) is 4.99. The molecule has 0 spiro atoms. The molecular weight excluding hydrogens is 136 g/mol. The smallest absolute Gasteiger partial charge is 0.0166 e. The van der Waals surface area contributed by atoms with Gasteiger partial charge in [-0.1, -0.05) is 12.2 Å². The molecule has 0 aliphatic carbocycles. The molecule has 0 unspecified atom stereocenters. The first kappa shape index (κ1) is 10.7. The zero-order valence-electron chi connectivity index (χ0n) is 7.88. The molecule has 0 bridgehead atoms. The summed E-state index contributed by atoms with van der Waals surface area (Å²) in [5, 5.41) is 0. The van der Waals surface area contributed by atoms with Crippen LogP contribution in [0.2, 0.25) is 0 Å². The molecule has 0 heterocycles. The third-order valence-corrected chi connectivity index (χ3v) is 1.72. The van der Waals surface area contributed by atoms with Crippen LogP contribution in [0.15, 0.2) is 12.2 Å². The Bertz CT molecular complexity index is 108. The molecular formula is C9H20N2. The van der Waals surface area contributed by atoms with Crippen LogP contribution < -0.4 is 5.73 Å². The summed E-state index contributed by atoms with van der Waals surface area (Å²) in [6.45, 7) is 9.18. The second-order valence-electron chi connectivity index (χ2n) is 2.95. The standard InChI is InChI=1S/C9H20N2/c1-4-5-7-11(8-6-10)9(2)3/h4-5,9H,6-8,10H2,1-3H3/b5-4+. The van der Waals surface area contributed by atoms with Crippen LogP contribution in [0.25, 0.3) is 0 Å². The summed E-state index contributed by atoms with van der Waals surface area (Å²) < 4.78 is 0. The third-order valence-electron chi connectivity index (χ3n) is 1.72. The minimum atomic E-state index is 0.592. The fraction of sp³-hybridized carbons (Fsp3) is 0.778. The quantitative estimate of drug-likeness (QED) is 0.607. The van der Waals surface area contributed by atoms with Crippen LogP contribution in [0.4, 0.5) is 0 Å². The van der Waals surface area contributed by atoms with Crippen LogP contribution in [0.1, 0.15) is 20.8 Å². The average molecular weight is 156 g/mol. The number of hydrogen-bond donors (Lipinski definition) is 1. The lowest BCUT2D eigenvalue weighted by Gasteiger charge is -2.23. The molecule has 0 rings (SSSR count). The van der Waals surface area contributed by atoms with Crippen LogP contribution in [-0.4, -0.2) is 30.6 Å². The van der Waals surface area contributed by atoms with Crippen molar-refractivity contribution >= 4 is 0 Å². The van der Waals surface area contributed by atoms with Crippen molar-refractivity contribution in [2.45, 2.75) is 26.8 Å². The summed E-state index contributed by atoms with van der Waals surface area (Å²) in [5.41, 5.74) is 5.47. The van der Waals surface area contributed by atoms with Gasteiger partial charge in [0.25, 0.3) is 0 Å². The summed E-state index contributed by atoms with van der Waals surface area (Å²) in [6.07, 6.45) is 4.24. The first-order chi connectivity index (χ1) is 5.22. The fourth-order valence-electron chi connectivity index (χ4n) is 0.967. The van der Waals surface area contributed by atoms with Gasteiger partial charge in [-0.15, -0.1) is 0 Å². The highest BCUT2D eigenvalue weighted by molar-refractivity contribution is 4.82. The van der Waals surface area contributed by atoms with Crippen LogP contribution in [0.5, 0.6) is 0 Å². The normalized spacial score (nSPS) is 12.2. The van der Waals surface area contributed by atoms with Crippen molar-refractivity contribution in [3.63, 3.8) is 0 Å². The first-order valence-corrected chi connectivity index (χ1v) is 4.27. The molecule has 0 amide bonds. The van der Waals surface area contributed by atoms with Crippen molar-refractivity contribution in [1.82, 2.24) is 4.90 Å². The van der Waals surface area contributed by atoms with E-state index in [0.717, 1.165) is 19.6 Å². The summed E-state index contributed by atoms with van der Waals surface area (Å²) in [6, 6.07) is 0.592. The molecule has 2 N–H and O–H groups in total. The zero-order chi connectivity index (χ0) is 8.69. The van der Waals surface area contributed by atoms with Gasteiger partial charge in [0.2, 0.25) is 0 Å². The molecule has 0 saturated heterocycles. The molecule has 0 aromatic heterocycles. The Kier molecular flexibility index (Phi) is 6.18. The molecule has 0 aliphatic rings. The molecule has 0 fully saturated rings. The molecule has 2 nitrogen and oxygen atoms in total. The Morgan fingerprint density at radius 1 is 1.45 bits per heavy atom. The number of rotatable bonds is 5. The van der Waals surface area contributed by atoms with Gasteiger partial charge >= 0.3 is 0 Å². The van der Waals surface area contributed by atoms with Crippen molar-refractivity contribution < 1.29 is 0 Å². The predicted molar refractivity (Wildman–Crippen MR) is 50.6 cm³/mol. The van der Waals surface area contributed by atoms with Gasteiger partial charge in [0.15, 0.2) is 0 Å². The van der Waals surface area contributed by atoms with E-state index in [9.17, 15) is 0 Å². The van der Waals surface area contributed by atoms with E-state index in [1.54, 1.807) is 0 Å². The number of allylic oxidation sites excluding steroid dienone is 1.